The molecule has 0 atom stereocenters. The number of phenols is 1. The molecule has 5 heteroatoms. The van der Waals surface area contributed by atoms with E-state index in [2.05, 4.69) is 11.1 Å². The number of hydrogen-bond acceptors (Lipinski definition) is 3. The molecule has 0 radical (unpaired) electrons. The predicted octanol–water partition coefficient (Wildman–Crippen LogP) is 12.9. The molecule has 2 heterocycles. The monoisotopic (exact) mass is 914 g/mol. The number of aromatic nitrogens is 3. The van der Waals surface area contributed by atoms with Crippen molar-refractivity contribution < 1.29 is 49.5 Å². The van der Waals surface area contributed by atoms with Gasteiger partial charge in [-0.05, 0) is 69.5 Å². The van der Waals surface area contributed by atoms with Gasteiger partial charge in [0, 0.05) is 50.8 Å². The van der Waals surface area contributed by atoms with Gasteiger partial charge in [0.05, 0.1) is 33.3 Å². The maximum Gasteiger partial charge on any atom is 0.148 e. The standard InChI is InChI=1S/C50H44N3O.Pt/c1-49(2,3)38-24-25-44(42(32-38)34-18-11-8-12-19-34)53-45-22-15-21-40(47(45)52-48(53)41-20-13-14-23-46(41)54)36-28-37(30-39(29-36)50(4,5)6)43-31-35(26-27-51-43)33-16-9-7-10-17-33;/h7-27,29-32,54H,1-6H3;/q-1;/i1D3,2D3,3D3,7D,9D,10D,16D,17D,26D,27D,31D;. The molecule has 0 aliphatic carbocycles. The summed E-state index contributed by atoms with van der Waals surface area (Å²) in [6.07, 6.45) is -0.615. The van der Waals surface area contributed by atoms with Crippen molar-refractivity contribution in [3.8, 4) is 67.5 Å². The summed E-state index contributed by atoms with van der Waals surface area (Å²) in [4.78, 5) is 9.51. The van der Waals surface area contributed by atoms with Crippen LogP contribution in [-0.2, 0) is 31.9 Å². The normalized spacial score (nSPS) is 16.9. The first-order valence-corrected chi connectivity index (χ1v) is 17.2. The van der Waals surface area contributed by atoms with E-state index in [-0.39, 0.29) is 60.6 Å². The van der Waals surface area contributed by atoms with Gasteiger partial charge in [0.1, 0.15) is 11.6 Å². The maximum absolute atomic E-state index is 11.4. The van der Waals surface area contributed by atoms with E-state index in [1.54, 1.807) is 77.4 Å². The molecule has 0 amide bonds. The number of rotatable bonds is 6. The number of para-hydroxylation sites is 2. The average Bonchev–Trinajstić information content (AvgIpc) is 3.68. The molecule has 276 valence electrons. The molecule has 0 saturated carbocycles. The summed E-state index contributed by atoms with van der Waals surface area (Å²) in [5, 5.41) is 11.4. The zero-order valence-corrected chi connectivity index (χ0v) is 32.2. The van der Waals surface area contributed by atoms with Gasteiger partial charge >= 0.3 is 0 Å². The van der Waals surface area contributed by atoms with Gasteiger partial charge in [0.15, 0.2) is 0 Å². The molecule has 8 aromatic rings. The second-order valence-electron chi connectivity index (χ2n) is 14.0. The summed E-state index contributed by atoms with van der Waals surface area (Å²) in [7, 11) is 0. The fraction of sp³-hybridized carbons (Fsp3) is 0.160. The molecule has 0 spiro atoms. The van der Waals surface area contributed by atoms with E-state index in [1.165, 1.54) is 24.3 Å². The minimum Gasteiger partial charge on any atom is -0.507 e. The van der Waals surface area contributed by atoms with Gasteiger partial charge < -0.3 is 5.11 Å². The minimum absolute atomic E-state index is 0. The molecule has 1 N–H and O–H groups in total. The molecular formula is C50H44N3OPt-. The second-order valence-corrected chi connectivity index (χ2v) is 14.0. The van der Waals surface area contributed by atoms with Gasteiger partial charge in [-0.3, -0.25) is 9.55 Å². The van der Waals surface area contributed by atoms with Crippen molar-refractivity contribution in [2.45, 2.75) is 52.2 Å². The van der Waals surface area contributed by atoms with Crippen molar-refractivity contribution in [2.24, 2.45) is 0 Å². The molecule has 6 aromatic carbocycles. The third-order valence-electron chi connectivity index (χ3n) is 9.21. The van der Waals surface area contributed by atoms with Crippen LogP contribution < -0.4 is 0 Å². The Morgan fingerprint density at radius 3 is 2.15 bits per heavy atom. The molecule has 4 nitrogen and oxygen atoms in total. The summed E-state index contributed by atoms with van der Waals surface area (Å²) < 4.78 is 147. The largest absolute Gasteiger partial charge is 0.507 e. The molecule has 0 fully saturated rings. The summed E-state index contributed by atoms with van der Waals surface area (Å²) in [5.41, 5.74) is -1.53. The minimum atomic E-state index is -3.54. The fourth-order valence-corrected chi connectivity index (χ4v) is 6.44. The number of imidazole rings is 1. The van der Waals surface area contributed by atoms with Crippen LogP contribution in [0.15, 0.2) is 152 Å². The molecule has 8 rings (SSSR count). The Morgan fingerprint density at radius 1 is 0.673 bits per heavy atom. The number of pyridine rings is 1. The zero-order chi connectivity index (χ0) is 52.1. The van der Waals surface area contributed by atoms with E-state index >= 15 is 0 Å². The Hall–Kier alpha value is -5.57. The second kappa shape index (κ2) is 14.9. The van der Waals surface area contributed by atoms with Crippen LogP contribution in [0.25, 0.3) is 72.7 Å². The van der Waals surface area contributed by atoms with Gasteiger partial charge in [-0.25, -0.2) is 4.98 Å². The van der Waals surface area contributed by atoms with Crippen molar-refractivity contribution in [1.82, 2.24) is 14.5 Å². The predicted molar refractivity (Wildman–Crippen MR) is 224 cm³/mol. The number of hydrogen-bond donors (Lipinski definition) is 1. The Balaban J connectivity index is 0.00000760. The van der Waals surface area contributed by atoms with E-state index < -0.39 is 91.0 Å². The number of nitrogens with zero attached hydrogens (tertiary/aromatic N) is 3. The first kappa shape index (κ1) is 22.1. The number of fused-ring (bicyclic) bond motifs is 1. The molecular weight excluding hydrogens is 854 g/mol. The van der Waals surface area contributed by atoms with Crippen LogP contribution in [0.4, 0.5) is 0 Å². The Bertz CT molecular complexity index is 3370. The topological polar surface area (TPSA) is 50.9 Å². The number of aromatic hydroxyl groups is 1. The summed E-state index contributed by atoms with van der Waals surface area (Å²) in [6.45, 7) is -4.78. The fourth-order valence-electron chi connectivity index (χ4n) is 6.44. The van der Waals surface area contributed by atoms with E-state index in [0.29, 0.717) is 39.0 Å². The van der Waals surface area contributed by atoms with Crippen LogP contribution in [0.5, 0.6) is 5.75 Å². The molecule has 0 saturated heterocycles. The quantitative estimate of drug-likeness (QED) is 0.169. The first-order chi connectivity index (χ1) is 33.0. The third-order valence-corrected chi connectivity index (χ3v) is 9.21. The summed E-state index contributed by atoms with van der Waals surface area (Å²) in [5.74, 6) is 0.0194. The van der Waals surface area contributed by atoms with Gasteiger partial charge in [0.2, 0.25) is 0 Å². The van der Waals surface area contributed by atoms with Crippen LogP contribution in [0.3, 0.4) is 0 Å². The molecule has 0 aliphatic heterocycles. The molecule has 55 heavy (non-hydrogen) atoms. The Kier molecular flexibility index (Phi) is 6.00. The van der Waals surface area contributed by atoms with Crippen molar-refractivity contribution in [3.63, 3.8) is 0 Å². The first-order valence-electron chi connectivity index (χ1n) is 25.7. The van der Waals surface area contributed by atoms with E-state index in [9.17, 15) is 6.48 Å². The Morgan fingerprint density at radius 2 is 1.40 bits per heavy atom. The van der Waals surface area contributed by atoms with Crippen LogP contribution in [0, 0.1) is 6.07 Å². The molecule has 0 unspecified atom stereocenters. The zero-order valence-electron chi connectivity index (χ0n) is 46.9. The smallest absolute Gasteiger partial charge is 0.148 e. The van der Waals surface area contributed by atoms with Crippen molar-refractivity contribution >= 4 is 11.0 Å². The third kappa shape index (κ3) is 7.44. The summed E-state index contributed by atoms with van der Waals surface area (Å²) in [6, 6.07) is 26.7. The Labute approximate surface area is 362 Å². The average molecular weight is 915 g/mol. The summed E-state index contributed by atoms with van der Waals surface area (Å²) >= 11 is 0. The van der Waals surface area contributed by atoms with Crippen molar-refractivity contribution in [3.05, 3.63) is 169 Å². The molecule has 2 aromatic heterocycles. The van der Waals surface area contributed by atoms with Crippen molar-refractivity contribution in [2.75, 3.05) is 0 Å². The van der Waals surface area contributed by atoms with Crippen LogP contribution in [0.1, 0.15) is 75.8 Å². The van der Waals surface area contributed by atoms with Gasteiger partial charge in [-0.2, -0.15) is 0 Å². The SMILES string of the molecule is [2H]c1nc(-c2[c-]c(-c3cccc4c3nc(-c3ccccc3O)n4-c3ccc(C(C([2H])([2H])[2H])(C([2H])([2H])[2H])C([2H])([2H])[2H])cc3-c3ccccc3)cc(C(C)(C)C)c2)c([2H])c(-c2c([2H])c([2H])c([2H])c([2H])c2[2H])c1[2H].[Pt]. The van der Waals surface area contributed by atoms with Crippen LogP contribution in [0.2, 0.25) is 0 Å². The number of phenolic OH excluding ortho intramolecular Hbond substituents is 1. The van der Waals surface area contributed by atoms with Crippen LogP contribution in [-0.4, -0.2) is 19.6 Å². The van der Waals surface area contributed by atoms with E-state index in [0.717, 1.165) is 0 Å². The molecule has 0 bridgehead atoms. The molecule has 0 aliphatic rings. The van der Waals surface area contributed by atoms with Gasteiger partial charge in [-0.1, -0.05) is 149 Å². The van der Waals surface area contributed by atoms with E-state index in [4.69, 9.17) is 26.9 Å². The van der Waals surface area contributed by atoms with E-state index in [1.807, 2.05) is 26.8 Å². The van der Waals surface area contributed by atoms with Crippen LogP contribution >= 0.6 is 0 Å². The van der Waals surface area contributed by atoms with Gasteiger partial charge in [-0.15, -0.1) is 29.3 Å². The van der Waals surface area contributed by atoms with Gasteiger partial charge in [0.25, 0.3) is 0 Å². The van der Waals surface area contributed by atoms with Crippen molar-refractivity contribution in [1.29, 1.82) is 0 Å². The maximum atomic E-state index is 11.4. The number of benzene rings is 6.